The van der Waals surface area contributed by atoms with Crippen LogP contribution in [0.5, 0.6) is 0 Å². The van der Waals surface area contributed by atoms with Gasteiger partial charge in [-0.25, -0.2) is 0 Å². The number of fused-ring (bicyclic) bond motifs is 1. The van der Waals surface area contributed by atoms with Crippen molar-refractivity contribution >= 4 is 27.8 Å². The molecule has 27 heavy (non-hydrogen) atoms. The van der Waals surface area contributed by atoms with Crippen LogP contribution < -0.4 is 4.90 Å². The monoisotopic (exact) mass is 364 g/mol. The van der Waals surface area contributed by atoms with Crippen molar-refractivity contribution in [3.63, 3.8) is 0 Å². The molecule has 0 N–H and O–H groups in total. The smallest absolute Gasteiger partial charge is 0.278 e. The lowest BCUT2D eigenvalue weighted by atomic mass is 10.1. The maximum atomic E-state index is 11.4. The van der Waals surface area contributed by atoms with Gasteiger partial charge in [0.1, 0.15) is 0 Å². The van der Waals surface area contributed by atoms with Crippen molar-refractivity contribution in [1.82, 2.24) is 4.98 Å². The molecule has 2 aromatic carbocycles. The van der Waals surface area contributed by atoms with Crippen LogP contribution in [0.15, 0.2) is 54.9 Å². The number of benzene rings is 2. The molecule has 1 fully saturated rings. The normalized spacial score (nSPS) is 13.5. The van der Waals surface area contributed by atoms with Gasteiger partial charge in [-0.05, 0) is 25.0 Å². The maximum absolute atomic E-state index is 11.4. The summed E-state index contributed by atoms with van der Waals surface area (Å²) in [5, 5.41) is 23.9. The highest BCUT2D eigenvalue weighted by Gasteiger charge is 2.32. The fourth-order valence-corrected chi connectivity index (χ4v) is 3.37. The zero-order chi connectivity index (χ0) is 19.0. The van der Waals surface area contributed by atoms with Crippen LogP contribution in [0.1, 0.15) is 18.4 Å². The minimum atomic E-state index is -0.419. The zero-order valence-electron chi connectivity index (χ0n) is 14.3. The highest BCUT2D eigenvalue weighted by molar-refractivity contribution is 5.99. The minimum Gasteiger partial charge on any atom is -0.363 e. The minimum absolute atomic E-state index is 0.00305. The Morgan fingerprint density at radius 3 is 2.41 bits per heavy atom. The average molecular weight is 364 g/mol. The molecule has 0 aliphatic heterocycles. The van der Waals surface area contributed by atoms with E-state index in [0.717, 1.165) is 23.9 Å². The molecule has 8 nitrogen and oxygen atoms in total. The Balaban J connectivity index is 1.82. The number of nitro benzene ring substituents is 2. The van der Waals surface area contributed by atoms with Crippen molar-refractivity contribution in [2.75, 3.05) is 4.90 Å². The molecule has 0 atom stereocenters. The van der Waals surface area contributed by atoms with Gasteiger partial charge < -0.3 is 4.90 Å². The molecule has 1 aliphatic carbocycles. The molecule has 0 unspecified atom stereocenters. The van der Waals surface area contributed by atoms with Gasteiger partial charge in [-0.2, -0.15) is 0 Å². The number of rotatable bonds is 6. The van der Waals surface area contributed by atoms with Gasteiger partial charge in [-0.15, -0.1) is 0 Å². The summed E-state index contributed by atoms with van der Waals surface area (Å²) in [6.45, 7) is 0.372. The van der Waals surface area contributed by atoms with Gasteiger partial charge in [0.05, 0.1) is 21.8 Å². The van der Waals surface area contributed by atoms with E-state index in [0.29, 0.717) is 17.5 Å². The molecule has 0 spiro atoms. The number of hydrogen-bond donors (Lipinski definition) is 0. The molecule has 0 amide bonds. The largest absolute Gasteiger partial charge is 0.363 e. The lowest BCUT2D eigenvalue weighted by Gasteiger charge is -2.26. The van der Waals surface area contributed by atoms with Gasteiger partial charge in [-0.1, -0.05) is 18.2 Å². The first-order chi connectivity index (χ1) is 13.1. The third kappa shape index (κ3) is 3.17. The third-order valence-corrected chi connectivity index (χ3v) is 4.79. The van der Waals surface area contributed by atoms with Gasteiger partial charge >= 0.3 is 0 Å². The first-order valence-corrected chi connectivity index (χ1v) is 8.56. The topological polar surface area (TPSA) is 102 Å². The maximum Gasteiger partial charge on any atom is 0.278 e. The van der Waals surface area contributed by atoms with Crippen molar-refractivity contribution in [2.24, 2.45) is 0 Å². The second kappa shape index (κ2) is 6.64. The number of para-hydroxylation sites is 1. The lowest BCUT2D eigenvalue weighted by Crippen LogP contribution is -2.25. The first-order valence-electron chi connectivity index (χ1n) is 8.56. The summed E-state index contributed by atoms with van der Waals surface area (Å²) < 4.78 is 0. The molecule has 1 aliphatic rings. The Bertz CT molecular complexity index is 1050. The van der Waals surface area contributed by atoms with Crippen molar-refractivity contribution in [2.45, 2.75) is 25.4 Å². The third-order valence-electron chi connectivity index (χ3n) is 4.79. The Hall–Kier alpha value is -3.55. The molecule has 8 heteroatoms. The molecule has 136 valence electrons. The van der Waals surface area contributed by atoms with E-state index in [1.807, 2.05) is 0 Å². The number of hydrogen-bond acceptors (Lipinski definition) is 6. The summed E-state index contributed by atoms with van der Waals surface area (Å²) in [6.07, 6.45) is 5.08. The summed E-state index contributed by atoms with van der Waals surface area (Å²) in [4.78, 5) is 28.0. The van der Waals surface area contributed by atoms with Crippen LogP contribution in [0.4, 0.5) is 17.1 Å². The van der Waals surface area contributed by atoms with E-state index in [-0.39, 0.29) is 22.3 Å². The highest BCUT2D eigenvalue weighted by Crippen LogP contribution is 2.40. The Kier molecular flexibility index (Phi) is 4.15. The quantitative estimate of drug-likeness (QED) is 0.479. The molecule has 1 heterocycles. The number of pyridine rings is 1. The zero-order valence-corrected chi connectivity index (χ0v) is 14.3. The first kappa shape index (κ1) is 16.9. The average Bonchev–Trinajstić information content (AvgIpc) is 3.50. The molecule has 4 rings (SSSR count). The summed E-state index contributed by atoms with van der Waals surface area (Å²) >= 11 is 0. The number of nitrogens with zero attached hydrogens (tertiary/aromatic N) is 4. The second-order valence-electron chi connectivity index (χ2n) is 6.53. The van der Waals surface area contributed by atoms with Crippen molar-refractivity contribution < 1.29 is 9.85 Å². The predicted molar refractivity (Wildman–Crippen MR) is 101 cm³/mol. The molecule has 1 saturated carbocycles. The molecule has 0 saturated heterocycles. The Labute approximate surface area is 154 Å². The van der Waals surface area contributed by atoms with E-state index >= 15 is 0 Å². The van der Waals surface area contributed by atoms with Gasteiger partial charge in [-0.3, -0.25) is 25.2 Å². The van der Waals surface area contributed by atoms with Gasteiger partial charge in [0.25, 0.3) is 11.4 Å². The van der Waals surface area contributed by atoms with Crippen LogP contribution in [0.2, 0.25) is 0 Å². The molecule has 3 aromatic rings. The SMILES string of the molecule is O=[N+]([O-])c1ccccc1CN(c1ccc([N+](=O)[O-])c2cnccc12)C1CC1. The Morgan fingerprint density at radius 2 is 1.70 bits per heavy atom. The molecule has 0 bridgehead atoms. The van der Waals surface area contributed by atoms with E-state index < -0.39 is 4.92 Å². The van der Waals surface area contributed by atoms with Gasteiger partial charge in [0.2, 0.25) is 0 Å². The van der Waals surface area contributed by atoms with Gasteiger partial charge in [0, 0.05) is 47.2 Å². The number of non-ortho nitro benzene ring substituents is 1. The standard InChI is InChI=1S/C19H16N4O4/c24-22(25)17-4-2-1-3-13(17)12-21(14-5-6-14)18-7-8-19(23(26)27)16-11-20-10-9-15(16)18/h1-4,7-11,14H,5-6,12H2. The second-order valence-corrected chi connectivity index (χ2v) is 6.53. The van der Waals surface area contributed by atoms with E-state index in [9.17, 15) is 20.2 Å². The van der Waals surface area contributed by atoms with Crippen LogP contribution in [0.3, 0.4) is 0 Å². The number of anilines is 1. The van der Waals surface area contributed by atoms with E-state index in [2.05, 4.69) is 9.88 Å². The summed E-state index contributed by atoms with van der Waals surface area (Å²) in [7, 11) is 0. The fraction of sp³-hybridized carbons (Fsp3) is 0.211. The highest BCUT2D eigenvalue weighted by atomic mass is 16.6. The number of nitro groups is 2. The number of aromatic nitrogens is 1. The van der Waals surface area contributed by atoms with Gasteiger partial charge in [0.15, 0.2) is 0 Å². The molecular formula is C19H16N4O4. The summed E-state index contributed by atoms with van der Waals surface area (Å²) in [5.41, 5.74) is 1.54. The lowest BCUT2D eigenvalue weighted by molar-refractivity contribution is -0.385. The van der Waals surface area contributed by atoms with Crippen LogP contribution in [0.25, 0.3) is 10.8 Å². The molecule has 1 aromatic heterocycles. The van der Waals surface area contributed by atoms with Crippen LogP contribution in [0, 0.1) is 20.2 Å². The van der Waals surface area contributed by atoms with Crippen LogP contribution in [-0.2, 0) is 6.54 Å². The Morgan fingerprint density at radius 1 is 0.963 bits per heavy atom. The molecular weight excluding hydrogens is 348 g/mol. The van der Waals surface area contributed by atoms with Crippen molar-refractivity contribution in [1.29, 1.82) is 0 Å². The van der Waals surface area contributed by atoms with E-state index in [1.54, 1.807) is 36.5 Å². The van der Waals surface area contributed by atoms with Crippen LogP contribution in [-0.4, -0.2) is 20.9 Å². The summed E-state index contributed by atoms with van der Waals surface area (Å²) in [6, 6.07) is 11.9. The van der Waals surface area contributed by atoms with E-state index in [1.165, 1.54) is 18.3 Å². The van der Waals surface area contributed by atoms with E-state index in [4.69, 9.17) is 0 Å². The van der Waals surface area contributed by atoms with Crippen LogP contribution >= 0.6 is 0 Å². The molecule has 0 radical (unpaired) electrons. The fourth-order valence-electron chi connectivity index (χ4n) is 3.37. The predicted octanol–water partition coefficient (Wildman–Crippen LogP) is 4.22. The van der Waals surface area contributed by atoms with Crippen molar-refractivity contribution in [3.05, 3.63) is 80.7 Å². The van der Waals surface area contributed by atoms with Crippen molar-refractivity contribution in [3.8, 4) is 0 Å². The summed E-state index contributed by atoms with van der Waals surface area (Å²) in [5.74, 6) is 0.